The highest BCUT2D eigenvalue weighted by Gasteiger charge is 2.38. The molecule has 0 aliphatic rings. The van der Waals surface area contributed by atoms with E-state index >= 15 is 0 Å². The first-order valence-corrected chi connectivity index (χ1v) is 8.90. The molecule has 0 bridgehead atoms. The molecule has 4 N–H and O–H groups in total. The first kappa shape index (κ1) is 23.6. The highest BCUT2D eigenvalue weighted by atomic mass is 19.4. The molecule has 1 amide bonds. The fourth-order valence-corrected chi connectivity index (χ4v) is 2.58. The molecule has 0 spiro atoms. The molecule has 1 aromatic carbocycles. The summed E-state index contributed by atoms with van der Waals surface area (Å²) >= 11 is 0. The van der Waals surface area contributed by atoms with Gasteiger partial charge >= 0.3 is 12.1 Å². The molecule has 12 heteroatoms. The number of aliphatic carboxylic acids is 1. The molecule has 0 radical (unpaired) electrons. The van der Waals surface area contributed by atoms with E-state index in [-0.39, 0.29) is 5.91 Å². The average molecular weight is 438 g/mol. The number of imidazole rings is 1. The number of carbonyl (C=O) groups is 2. The molecule has 0 aliphatic heterocycles. The number of aromatic nitrogens is 4. The summed E-state index contributed by atoms with van der Waals surface area (Å²) in [4.78, 5) is 25.2. The number of anilines is 1. The molecule has 0 fully saturated rings. The van der Waals surface area contributed by atoms with Gasteiger partial charge in [-0.25, -0.2) is 9.78 Å². The van der Waals surface area contributed by atoms with Gasteiger partial charge in [0.2, 0.25) is 5.91 Å². The van der Waals surface area contributed by atoms with Crippen LogP contribution in [-0.2, 0) is 23.1 Å². The third kappa shape index (κ3) is 6.96. The predicted molar refractivity (Wildman–Crippen MR) is 106 cm³/mol. The Labute approximate surface area is 175 Å². The number of benzene rings is 1. The zero-order valence-corrected chi connectivity index (χ0v) is 16.7. The van der Waals surface area contributed by atoms with Crippen LogP contribution in [0.25, 0.3) is 5.69 Å². The number of rotatable bonds is 5. The highest BCUT2D eigenvalue weighted by Crippen LogP contribution is 2.19. The van der Waals surface area contributed by atoms with E-state index in [1.165, 1.54) is 0 Å². The summed E-state index contributed by atoms with van der Waals surface area (Å²) in [6.45, 7) is 1.99. The van der Waals surface area contributed by atoms with Crippen LogP contribution in [0.3, 0.4) is 0 Å². The molecule has 166 valence electrons. The third-order valence-electron chi connectivity index (χ3n) is 4.04. The van der Waals surface area contributed by atoms with Crippen LogP contribution < -0.4 is 11.1 Å². The topological polar surface area (TPSA) is 128 Å². The van der Waals surface area contributed by atoms with Crippen molar-refractivity contribution < 1.29 is 27.9 Å². The average Bonchev–Trinajstić information content (AvgIpc) is 3.33. The van der Waals surface area contributed by atoms with Crippen molar-refractivity contribution >= 4 is 17.6 Å². The van der Waals surface area contributed by atoms with Crippen LogP contribution >= 0.6 is 0 Å². The van der Waals surface area contributed by atoms with Gasteiger partial charge in [-0.15, -0.1) is 0 Å². The second-order valence-corrected chi connectivity index (χ2v) is 6.60. The number of hydrogen-bond acceptors (Lipinski definition) is 5. The first-order chi connectivity index (χ1) is 14.5. The number of amides is 1. The lowest BCUT2D eigenvalue weighted by Crippen LogP contribution is -2.37. The number of nitrogens with one attached hydrogen (secondary N) is 1. The zero-order chi connectivity index (χ0) is 23.2. The van der Waals surface area contributed by atoms with Crippen molar-refractivity contribution in [2.75, 3.05) is 5.32 Å². The fourth-order valence-electron chi connectivity index (χ4n) is 2.58. The molecule has 31 heavy (non-hydrogen) atoms. The van der Waals surface area contributed by atoms with E-state index in [0.29, 0.717) is 6.42 Å². The summed E-state index contributed by atoms with van der Waals surface area (Å²) < 4.78 is 35.4. The number of carboxylic acid groups (broad SMARTS) is 1. The molecule has 2 aromatic heterocycles. The minimum Gasteiger partial charge on any atom is -0.475 e. The normalized spacial score (nSPS) is 11.9. The Morgan fingerprint density at radius 1 is 1.32 bits per heavy atom. The number of carbonyl (C=O) groups excluding carboxylic acids is 1. The van der Waals surface area contributed by atoms with Crippen molar-refractivity contribution in [1.29, 1.82) is 0 Å². The minimum absolute atomic E-state index is 0.214. The molecule has 1 unspecified atom stereocenters. The number of carboxylic acids is 1. The Balaban J connectivity index is 0.000000423. The van der Waals surface area contributed by atoms with Crippen molar-refractivity contribution in [2.24, 2.45) is 12.8 Å². The first-order valence-electron chi connectivity index (χ1n) is 8.90. The van der Waals surface area contributed by atoms with Crippen LogP contribution in [-0.4, -0.2) is 48.5 Å². The van der Waals surface area contributed by atoms with E-state index in [1.54, 1.807) is 23.4 Å². The summed E-state index contributed by atoms with van der Waals surface area (Å²) in [7, 11) is 1.83. The van der Waals surface area contributed by atoms with E-state index in [9.17, 15) is 18.0 Å². The lowest BCUT2D eigenvalue weighted by Gasteiger charge is -2.13. The third-order valence-corrected chi connectivity index (χ3v) is 4.04. The zero-order valence-electron chi connectivity index (χ0n) is 16.7. The van der Waals surface area contributed by atoms with E-state index in [1.807, 2.05) is 49.1 Å². The van der Waals surface area contributed by atoms with Crippen molar-refractivity contribution in [3.8, 4) is 5.69 Å². The smallest absolute Gasteiger partial charge is 0.475 e. The standard InChI is InChI=1S/C17H20N6O.C2HF3O2/c1-12-7-14(3-4-16(12)23-6-5-19-11-23)21-17(24)15(18)8-13-9-20-22(2)10-13;3-2(4,5)1(6)7/h3-7,9-11,15H,8,18H2,1-2H3,(H,21,24);(H,6,7). The summed E-state index contributed by atoms with van der Waals surface area (Å²) in [5, 5.41) is 14.1. The van der Waals surface area contributed by atoms with Gasteiger partial charge in [0.1, 0.15) is 0 Å². The number of hydrogen-bond donors (Lipinski definition) is 3. The molecule has 0 saturated carbocycles. The SMILES string of the molecule is Cc1cc(NC(=O)C(N)Cc2cnn(C)c2)ccc1-n1ccnc1.O=C(O)C(F)(F)F. The quantitative estimate of drug-likeness (QED) is 0.559. The van der Waals surface area contributed by atoms with Crippen LogP contribution in [0.2, 0.25) is 0 Å². The molecule has 1 atom stereocenters. The van der Waals surface area contributed by atoms with Gasteiger partial charge in [-0.1, -0.05) is 0 Å². The summed E-state index contributed by atoms with van der Waals surface area (Å²) in [6, 6.07) is 5.10. The molecule has 2 heterocycles. The van der Waals surface area contributed by atoms with Crippen LogP contribution in [0.15, 0.2) is 49.3 Å². The molecule has 9 nitrogen and oxygen atoms in total. The molecule has 0 aliphatic carbocycles. The van der Waals surface area contributed by atoms with Gasteiger partial charge in [-0.3, -0.25) is 9.48 Å². The van der Waals surface area contributed by atoms with Gasteiger partial charge in [0.15, 0.2) is 0 Å². The van der Waals surface area contributed by atoms with Crippen molar-refractivity contribution in [1.82, 2.24) is 19.3 Å². The Bertz CT molecular complexity index is 1030. The van der Waals surface area contributed by atoms with Crippen LogP contribution in [0.1, 0.15) is 11.1 Å². The lowest BCUT2D eigenvalue weighted by molar-refractivity contribution is -0.192. The van der Waals surface area contributed by atoms with Gasteiger partial charge in [-0.05, 0) is 42.7 Å². The number of nitrogens with two attached hydrogens (primary N) is 1. The fraction of sp³-hybridized carbons (Fsp3) is 0.263. The maximum Gasteiger partial charge on any atom is 0.490 e. The van der Waals surface area contributed by atoms with Gasteiger partial charge < -0.3 is 20.7 Å². The van der Waals surface area contributed by atoms with Crippen LogP contribution in [0.4, 0.5) is 18.9 Å². The Kier molecular flexibility index (Phi) is 7.53. The second-order valence-electron chi connectivity index (χ2n) is 6.60. The highest BCUT2D eigenvalue weighted by molar-refractivity contribution is 5.95. The Morgan fingerprint density at radius 2 is 2.00 bits per heavy atom. The molecule has 3 aromatic rings. The van der Waals surface area contributed by atoms with Crippen molar-refractivity contribution in [3.05, 3.63) is 60.4 Å². The second kappa shape index (κ2) is 9.89. The van der Waals surface area contributed by atoms with E-state index in [2.05, 4.69) is 15.4 Å². The maximum absolute atomic E-state index is 12.3. The largest absolute Gasteiger partial charge is 0.490 e. The van der Waals surface area contributed by atoms with Crippen LogP contribution in [0.5, 0.6) is 0 Å². The van der Waals surface area contributed by atoms with Crippen molar-refractivity contribution in [2.45, 2.75) is 25.6 Å². The summed E-state index contributed by atoms with van der Waals surface area (Å²) in [6.07, 6.45) is 4.29. The predicted octanol–water partition coefficient (Wildman–Crippen LogP) is 2.06. The number of halogens is 3. The number of nitrogens with zero attached hydrogens (tertiary/aromatic N) is 4. The minimum atomic E-state index is -5.08. The monoisotopic (exact) mass is 438 g/mol. The summed E-state index contributed by atoms with van der Waals surface area (Å²) in [5.74, 6) is -2.97. The van der Waals surface area contributed by atoms with E-state index in [4.69, 9.17) is 15.6 Å². The number of aryl methyl sites for hydroxylation is 2. The van der Waals surface area contributed by atoms with E-state index in [0.717, 1.165) is 22.5 Å². The molecular formula is C19H21F3N6O3. The lowest BCUT2D eigenvalue weighted by atomic mass is 10.1. The van der Waals surface area contributed by atoms with E-state index < -0.39 is 18.2 Å². The van der Waals surface area contributed by atoms with Crippen molar-refractivity contribution in [3.63, 3.8) is 0 Å². The van der Waals surface area contributed by atoms with Gasteiger partial charge in [0.05, 0.1) is 18.6 Å². The van der Waals surface area contributed by atoms with Crippen LogP contribution in [0, 0.1) is 6.92 Å². The van der Waals surface area contributed by atoms with Gasteiger partial charge in [-0.2, -0.15) is 18.3 Å². The van der Waals surface area contributed by atoms with Gasteiger partial charge in [0, 0.05) is 37.0 Å². The molecular weight excluding hydrogens is 417 g/mol. The Hall–Kier alpha value is -3.67. The molecule has 0 saturated heterocycles. The molecule has 3 rings (SSSR count). The Morgan fingerprint density at radius 3 is 2.48 bits per heavy atom. The maximum atomic E-state index is 12.3. The number of alkyl halides is 3. The van der Waals surface area contributed by atoms with Gasteiger partial charge in [0.25, 0.3) is 0 Å². The summed E-state index contributed by atoms with van der Waals surface area (Å²) in [5.41, 5.74) is 9.70.